The zero-order valence-electron chi connectivity index (χ0n) is 13.9. The Morgan fingerprint density at radius 2 is 1.62 bits per heavy atom. The number of aryl methyl sites for hydroxylation is 2. The monoisotopic (exact) mass is 326 g/mol. The molecule has 0 saturated heterocycles. The normalized spacial score (nSPS) is 10.3. The van der Waals surface area contributed by atoms with E-state index in [0.717, 1.165) is 22.3 Å². The summed E-state index contributed by atoms with van der Waals surface area (Å²) >= 11 is 0. The second-order valence-corrected chi connectivity index (χ2v) is 5.75. The summed E-state index contributed by atoms with van der Waals surface area (Å²) in [5, 5.41) is 14.2. The molecule has 0 bridgehead atoms. The quantitative estimate of drug-likeness (QED) is 0.736. The fraction of sp³-hybridized carbons (Fsp3) is 0.263. The minimum absolute atomic E-state index is 0.00954. The van der Waals surface area contributed by atoms with E-state index in [1.807, 2.05) is 50.2 Å². The molecule has 24 heavy (non-hydrogen) atoms. The van der Waals surface area contributed by atoms with Crippen molar-refractivity contribution in [3.8, 4) is 0 Å². The average Bonchev–Trinajstić information content (AvgIpc) is 2.57. The van der Waals surface area contributed by atoms with Gasteiger partial charge in [0.1, 0.15) is 0 Å². The molecule has 0 aliphatic rings. The largest absolute Gasteiger partial charge is 0.392 e. The highest BCUT2D eigenvalue weighted by Crippen LogP contribution is 2.15. The Bertz CT molecular complexity index is 724. The maximum absolute atomic E-state index is 11.9. The van der Waals surface area contributed by atoms with Gasteiger partial charge in [-0.2, -0.15) is 0 Å². The van der Waals surface area contributed by atoms with Crippen molar-refractivity contribution < 1.29 is 14.7 Å². The first-order valence-electron chi connectivity index (χ1n) is 7.84. The highest BCUT2D eigenvalue weighted by molar-refractivity contribution is 6.39. The number of amides is 2. The van der Waals surface area contributed by atoms with Crippen molar-refractivity contribution >= 4 is 17.5 Å². The van der Waals surface area contributed by atoms with Gasteiger partial charge in [-0.3, -0.25) is 9.59 Å². The molecule has 2 aromatic rings. The van der Waals surface area contributed by atoms with Crippen molar-refractivity contribution in [3.63, 3.8) is 0 Å². The Balaban J connectivity index is 1.81. The van der Waals surface area contributed by atoms with Gasteiger partial charge in [-0.05, 0) is 43.0 Å². The summed E-state index contributed by atoms with van der Waals surface area (Å²) in [4.78, 5) is 23.8. The molecule has 0 fully saturated rings. The maximum Gasteiger partial charge on any atom is 0.313 e. The van der Waals surface area contributed by atoms with E-state index in [0.29, 0.717) is 18.7 Å². The first-order chi connectivity index (χ1) is 11.5. The summed E-state index contributed by atoms with van der Waals surface area (Å²) in [5.41, 5.74) is 4.53. The molecular weight excluding hydrogens is 304 g/mol. The van der Waals surface area contributed by atoms with E-state index < -0.39 is 11.8 Å². The van der Waals surface area contributed by atoms with Crippen molar-refractivity contribution in [1.82, 2.24) is 5.32 Å². The predicted octanol–water partition coefficient (Wildman–Crippen LogP) is 2.09. The fourth-order valence-corrected chi connectivity index (χ4v) is 2.34. The van der Waals surface area contributed by atoms with Gasteiger partial charge >= 0.3 is 11.8 Å². The second-order valence-electron chi connectivity index (χ2n) is 5.75. The molecule has 0 aromatic heterocycles. The molecule has 0 saturated carbocycles. The number of carbonyl (C=O) groups is 2. The van der Waals surface area contributed by atoms with Gasteiger partial charge in [0.2, 0.25) is 0 Å². The van der Waals surface area contributed by atoms with Crippen molar-refractivity contribution in [1.29, 1.82) is 0 Å². The third-order valence-corrected chi connectivity index (χ3v) is 3.74. The maximum atomic E-state index is 11.9. The van der Waals surface area contributed by atoms with Crippen molar-refractivity contribution in [2.45, 2.75) is 26.9 Å². The molecule has 2 aromatic carbocycles. The van der Waals surface area contributed by atoms with E-state index >= 15 is 0 Å². The Kier molecular flexibility index (Phi) is 6.09. The van der Waals surface area contributed by atoms with Gasteiger partial charge in [0.05, 0.1) is 6.61 Å². The van der Waals surface area contributed by atoms with E-state index in [2.05, 4.69) is 10.6 Å². The molecule has 0 atom stereocenters. The van der Waals surface area contributed by atoms with Gasteiger partial charge in [0.25, 0.3) is 0 Å². The summed E-state index contributed by atoms with van der Waals surface area (Å²) in [6, 6.07) is 13.1. The van der Waals surface area contributed by atoms with Gasteiger partial charge in [-0.15, -0.1) is 0 Å². The zero-order valence-corrected chi connectivity index (χ0v) is 13.9. The number of anilines is 1. The second kappa shape index (κ2) is 8.26. The number of rotatable bonds is 5. The molecule has 0 radical (unpaired) electrons. The van der Waals surface area contributed by atoms with Crippen LogP contribution >= 0.6 is 0 Å². The number of hydrogen-bond acceptors (Lipinski definition) is 3. The van der Waals surface area contributed by atoms with Crippen molar-refractivity contribution in [2.75, 3.05) is 11.9 Å². The molecule has 3 N–H and O–H groups in total. The van der Waals surface area contributed by atoms with Crippen LogP contribution in [0.4, 0.5) is 5.69 Å². The molecule has 5 nitrogen and oxygen atoms in total. The Hall–Kier alpha value is -2.66. The summed E-state index contributed by atoms with van der Waals surface area (Å²) in [7, 11) is 0. The van der Waals surface area contributed by atoms with Crippen molar-refractivity contribution in [2.24, 2.45) is 0 Å². The van der Waals surface area contributed by atoms with E-state index in [4.69, 9.17) is 5.11 Å². The van der Waals surface area contributed by atoms with Crippen LogP contribution in [-0.2, 0) is 22.6 Å². The SMILES string of the molecule is Cc1ccc(NC(=O)C(=O)NCCc2ccc(CO)cc2)c(C)c1. The lowest BCUT2D eigenvalue weighted by Crippen LogP contribution is -2.36. The number of hydrogen-bond donors (Lipinski definition) is 3. The van der Waals surface area contributed by atoms with Gasteiger partial charge in [-0.25, -0.2) is 0 Å². The summed E-state index contributed by atoms with van der Waals surface area (Å²) in [5.74, 6) is -1.32. The Labute approximate surface area is 141 Å². The van der Waals surface area contributed by atoms with Crippen LogP contribution in [0.5, 0.6) is 0 Å². The highest BCUT2D eigenvalue weighted by atomic mass is 16.3. The highest BCUT2D eigenvalue weighted by Gasteiger charge is 2.14. The van der Waals surface area contributed by atoms with Crippen LogP contribution in [0.1, 0.15) is 22.3 Å². The van der Waals surface area contributed by atoms with Crippen LogP contribution in [0.25, 0.3) is 0 Å². The smallest absolute Gasteiger partial charge is 0.313 e. The molecule has 0 spiro atoms. The summed E-state index contributed by atoms with van der Waals surface area (Å²) < 4.78 is 0. The first-order valence-corrected chi connectivity index (χ1v) is 7.84. The van der Waals surface area contributed by atoms with Crippen LogP contribution in [0.15, 0.2) is 42.5 Å². The van der Waals surface area contributed by atoms with Crippen LogP contribution in [0, 0.1) is 13.8 Å². The van der Waals surface area contributed by atoms with Gasteiger partial charge < -0.3 is 15.7 Å². The first kappa shape index (κ1) is 17.7. The van der Waals surface area contributed by atoms with Crippen molar-refractivity contribution in [3.05, 3.63) is 64.7 Å². The zero-order chi connectivity index (χ0) is 17.5. The number of carbonyl (C=O) groups excluding carboxylic acids is 2. The number of aliphatic hydroxyl groups excluding tert-OH is 1. The van der Waals surface area contributed by atoms with Crippen LogP contribution < -0.4 is 10.6 Å². The lowest BCUT2D eigenvalue weighted by Gasteiger charge is -2.09. The molecule has 2 rings (SSSR count). The Morgan fingerprint density at radius 1 is 0.958 bits per heavy atom. The number of aliphatic hydroxyl groups is 1. The molecule has 2 amide bonds. The minimum Gasteiger partial charge on any atom is -0.392 e. The molecule has 0 heterocycles. The third-order valence-electron chi connectivity index (χ3n) is 3.74. The number of benzene rings is 2. The standard InChI is InChI=1S/C19H22N2O3/c1-13-3-8-17(14(2)11-13)21-19(24)18(23)20-10-9-15-4-6-16(12-22)7-5-15/h3-8,11,22H,9-10,12H2,1-2H3,(H,20,23)(H,21,24). The molecule has 5 heteroatoms. The lowest BCUT2D eigenvalue weighted by molar-refractivity contribution is -0.136. The van der Waals surface area contributed by atoms with E-state index in [-0.39, 0.29) is 6.61 Å². The number of nitrogens with one attached hydrogen (secondary N) is 2. The molecule has 126 valence electrons. The van der Waals surface area contributed by atoms with E-state index in [1.165, 1.54) is 0 Å². The van der Waals surface area contributed by atoms with Gasteiger partial charge in [0, 0.05) is 12.2 Å². The van der Waals surface area contributed by atoms with Crippen LogP contribution in [0.2, 0.25) is 0 Å². The fourth-order valence-electron chi connectivity index (χ4n) is 2.34. The van der Waals surface area contributed by atoms with Gasteiger partial charge in [-0.1, -0.05) is 42.0 Å². The summed E-state index contributed by atoms with van der Waals surface area (Å²) in [6.07, 6.45) is 0.619. The third kappa shape index (κ3) is 4.93. The van der Waals surface area contributed by atoms with E-state index in [9.17, 15) is 9.59 Å². The Morgan fingerprint density at radius 3 is 2.25 bits per heavy atom. The predicted molar refractivity (Wildman–Crippen MR) is 93.6 cm³/mol. The topological polar surface area (TPSA) is 78.4 Å². The van der Waals surface area contributed by atoms with Crippen LogP contribution in [-0.4, -0.2) is 23.5 Å². The summed E-state index contributed by atoms with van der Waals surface area (Å²) in [6.45, 7) is 4.24. The van der Waals surface area contributed by atoms with E-state index in [1.54, 1.807) is 6.07 Å². The molecule has 0 unspecified atom stereocenters. The minimum atomic E-state index is -0.669. The molecule has 0 aliphatic carbocycles. The van der Waals surface area contributed by atoms with Crippen LogP contribution in [0.3, 0.4) is 0 Å². The molecule has 0 aliphatic heterocycles. The van der Waals surface area contributed by atoms with Gasteiger partial charge in [0.15, 0.2) is 0 Å². The molecular formula is C19H22N2O3. The average molecular weight is 326 g/mol. The lowest BCUT2D eigenvalue weighted by atomic mass is 10.1.